The summed E-state index contributed by atoms with van der Waals surface area (Å²) in [6.07, 6.45) is 6.75. The van der Waals surface area contributed by atoms with Crippen LogP contribution in [0.5, 0.6) is 5.75 Å². The molecule has 3 heterocycles. The molecule has 176 valence electrons. The molecule has 0 bridgehead atoms. The number of H-pyrrole nitrogens is 1. The van der Waals surface area contributed by atoms with Crippen molar-refractivity contribution >= 4 is 11.0 Å². The molecule has 7 heteroatoms. The fourth-order valence-corrected chi connectivity index (χ4v) is 5.78. The molecule has 2 aliphatic carbocycles. The molecule has 2 aliphatic rings. The maximum atomic E-state index is 10.4. The van der Waals surface area contributed by atoms with Gasteiger partial charge in [-0.05, 0) is 61.8 Å². The van der Waals surface area contributed by atoms with Gasteiger partial charge in [0.25, 0.3) is 0 Å². The van der Waals surface area contributed by atoms with Crippen molar-refractivity contribution in [3.63, 3.8) is 0 Å². The van der Waals surface area contributed by atoms with Gasteiger partial charge in [-0.15, -0.1) is 0 Å². The molecular formula is C28H27N5O2. The first kappa shape index (κ1) is 21.8. The Hall–Kier alpha value is -3.76. The number of fused-ring (bicyclic) bond motifs is 2. The first-order valence-corrected chi connectivity index (χ1v) is 12.2. The maximum Gasteiger partial charge on any atom is 0.144 e. The highest BCUT2D eigenvalue weighted by atomic mass is 16.5. The Kier molecular flexibility index (Phi) is 5.27. The van der Waals surface area contributed by atoms with Crippen molar-refractivity contribution in [3.8, 4) is 23.1 Å². The first-order valence-electron chi connectivity index (χ1n) is 12.2. The van der Waals surface area contributed by atoms with E-state index in [2.05, 4.69) is 28.4 Å². The monoisotopic (exact) mass is 465 g/mol. The Labute approximate surface area is 203 Å². The Bertz CT molecular complexity index is 1430. The van der Waals surface area contributed by atoms with E-state index in [9.17, 15) is 10.4 Å². The van der Waals surface area contributed by atoms with Gasteiger partial charge >= 0.3 is 0 Å². The summed E-state index contributed by atoms with van der Waals surface area (Å²) in [4.78, 5) is 9.77. The molecule has 0 amide bonds. The van der Waals surface area contributed by atoms with Gasteiger partial charge in [0.2, 0.25) is 0 Å². The Balaban J connectivity index is 1.42. The normalized spacial score (nSPS) is 23.7. The van der Waals surface area contributed by atoms with Crippen LogP contribution >= 0.6 is 0 Å². The quantitative estimate of drug-likeness (QED) is 0.448. The highest BCUT2D eigenvalue weighted by Gasteiger charge is 2.44. The molecule has 4 aromatic rings. The van der Waals surface area contributed by atoms with Crippen LogP contribution in [0.1, 0.15) is 60.5 Å². The highest BCUT2D eigenvalue weighted by Crippen LogP contribution is 2.47. The van der Waals surface area contributed by atoms with E-state index in [1.165, 1.54) is 5.56 Å². The minimum Gasteiger partial charge on any atom is -0.495 e. The molecule has 35 heavy (non-hydrogen) atoms. The zero-order valence-corrected chi connectivity index (χ0v) is 19.7. The molecular weight excluding hydrogens is 438 g/mol. The zero-order valence-electron chi connectivity index (χ0n) is 19.7. The first-order chi connectivity index (χ1) is 17.1. The minimum absolute atomic E-state index is 0.179. The van der Waals surface area contributed by atoms with Crippen LogP contribution in [0.2, 0.25) is 0 Å². The zero-order chi connectivity index (χ0) is 24.0. The van der Waals surface area contributed by atoms with E-state index in [1.54, 1.807) is 7.11 Å². The lowest BCUT2D eigenvalue weighted by atomic mass is 9.79. The number of ether oxygens (including phenoxy) is 1. The van der Waals surface area contributed by atoms with Crippen LogP contribution in [0, 0.1) is 11.3 Å². The lowest BCUT2D eigenvalue weighted by molar-refractivity contribution is 0.122. The Morgan fingerprint density at radius 1 is 1.14 bits per heavy atom. The van der Waals surface area contributed by atoms with E-state index in [-0.39, 0.29) is 6.10 Å². The number of hydrogen-bond donors (Lipinski definition) is 2. The molecule has 0 saturated heterocycles. The van der Waals surface area contributed by atoms with E-state index < -0.39 is 5.41 Å². The average molecular weight is 466 g/mol. The number of benzene rings is 1. The summed E-state index contributed by atoms with van der Waals surface area (Å²) in [5, 5.41) is 27.9. The second-order valence-electron chi connectivity index (χ2n) is 9.66. The Morgan fingerprint density at radius 2 is 1.97 bits per heavy atom. The van der Waals surface area contributed by atoms with E-state index in [0.717, 1.165) is 54.4 Å². The molecule has 1 fully saturated rings. The third-order valence-electron chi connectivity index (χ3n) is 7.74. The number of hydrogen-bond acceptors (Lipinski definition) is 6. The van der Waals surface area contributed by atoms with Crippen LogP contribution in [0.15, 0.2) is 48.7 Å². The van der Waals surface area contributed by atoms with E-state index in [1.807, 2.05) is 36.5 Å². The van der Waals surface area contributed by atoms with E-state index in [0.29, 0.717) is 35.0 Å². The fraction of sp³-hybridized carbons (Fsp3) is 0.357. The fourth-order valence-electron chi connectivity index (χ4n) is 5.78. The standard InChI is InChI=1S/C28H27N5O2/c1-35-24-14-23-26(31-27(24)28(16-29)13-12-17-4-2-3-5-21(17)28)25(33-32-23)19-8-11-22(30-15-19)18-6-9-20(34)10-7-18/h2-5,8,11,14-15,18,20,34H,6-7,9-10,12-13H2,1H3,(H,32,33). The molecule has 1 aromatic carbocycles. The number of aliphatic hydroxyl groups excluding tert-OH is 1. The highest BCUT2D eigenvalue weighted by molar-refractivity contribution is 5.90. The number of aromatic nitrogens is 4. The second-order valence-corrected chi connectivity index (χ2v) is 9.66. The van der Waals surface area contributed by atoms with Crippen molar-refractivity contribution in [1.29, 1.82) is 5.26 Å². The molecule has 0 spiro atoms. The smallest absolute Gasteiger partial charge is 0.144 e. The number of nitrogens with zero attached hydrogens (tertiary/aromatic N) is 4. The molecule has 6 rings (SSSR count). The van der Waals surface area contributed by atoms with E-state index in [4.69, 9.17) is 14.7 Å². The third-order valence-corrected chi connectivity index (χ3v) is 7.74. The summed E-state index contributed by atoms with van der Waals surface area (Å²) < 4.78 is 5.72. The summed E-state index contributed by atoms with van der Waals surface area (Å²) in [5.41, 5.74) is 6.05. The van der Waals surface area contributed by atoms with Crippen molar-refractivity contribution in [2.45, 2.75) is 56.0 Å². The number of pyridine rings is 2. The maximum absolute atomic E-state index is 10.4. The van der Waals surface area contributed by atoms with Crippen molar-refractivity contribution in [3.05, 3.63) is 71.2 Å². The van der Waals surface area contributed by atoms with Gasteiger partial charge in [0.1, 0.15) is 28.1 Å². The summed E-state index contributed by atoms with van der Waals surface area (Å²) in [5.74, 6) is 0.967. The lowest BCUT2D eigenvalue weighted by Gasteiger charge is -2.25. The molecule has 2 N–H and O–H groups in total. The summed E-state index contributed by atoms with van der Waals surface area (Å²) in [6.45, 7) is 0. The molecule has 1 atom stereocenters. The number of aromatic amines is 1. The predicted octanol–water partition coefficient (Wildman–Crippen LogP) is 4.80. The van der Waals surface area contributed by atoms with Crippen molar-refractivity contribution < 1.29 is 9.84 Å². The van der Waals surface area contributed by atoms with Gasteiger partial charge in [-0.25, -0.2) is 4.98 Å². The second kappa shape index (κ2) is 8.47. The number of aliphatic hydroxyl groups is 1. The molecule has 0 aliphatic heterocycles. The van der Waals surface area contributed by atoms with Crippen molar-refractivity contribution in [2.24, 2.45) is 0 Å². The van der Waals surface area contributed by atoms with Crippen LogP contribution in [-0.2, 0) is 11.8 Å². The van der Waals surface area contributed by atoms with Gasteiger partial charge in [0.05, 0.1) is 24.8 Å². The number of methoxy groups -OCH3 is 1. The van der Waals surface area contributed by atoms with Crippen LogP contribution < -0.4 is 4.74 Å². The SMILES string of the molecule is COc1cc2[nH]nc(-c3ccc(C4CCC(O)CC4)nc3)c2nc1C1(C#N)CCc2ccccc21. The van der Waals surface area contributed by atoms with Gasteiger partial charge in [-0.1, -0.05) is 24.3 Å². The summed E-state index contributed by atoms with van der Waals surface area (Å²) >= 11 is 0. The molecule has 0 radical (unpaired) electrons. The number of aryl methyl sites for hydroxylation is 1. The molecule has 7 nitrogen and oxygen atoms in total. The molecule has 1 unspecified atom stereocenters. The van der Waals surface area contributed by atoms with Crippen LogP contribution in [0.25, 0.3) is 22.3 Å². The van der Waals surface area contributed by atoms with Gasteiger partial charge in [0, 0.05) is 29.4 Å². The minimum atomic E-state index is -0.863. The van der Waals surface area contributed by atoms with Crippen LogP contribution in [-0.4, -0.2) is 38.5 Å². The van der Waals surface area contributed by atoms with Crippen LogP contribution in [0.3, 0.4) is 0 Å². The topological polar surface area (TPSA) is 108 Å². The predicted molar refractivity (Wildman–Crippen MR) is 132 cm³/mol. The summed E-state index contributed by atoms with van der Waals surface area (Å²) in [6, 6.07) is 16.7. The Morgan fingerprint density at radius 3 is 2.71 bits per heavy atom. The molecule has 1 saturated carbocycles. The lowest BCUT2D eigenvalue weighted by Crippen LogP contribution is -2.25. The van der Waals surface area contributed by atoms with Crippen molar-refractivity contribution in [1.82, 2.24) is 20.2 Å². The van der Waals surface area contributed by atoms with Gasteiger partial charge < -0.3 is 9.84 Å². The number of nitriles is 1. The number of nitrogens with one attached hydrogen (secondary N) is 1. The van der Waals surface area contributed by atoms with Crippen LogP contribution in [0.4, 0.5) is 0 Å². The summed E-state index contributed by atoms with van der Waals surface area (Å²) in [7, 11) is 1.61. The van der Waals surface area contributed by atoms with Crippen molar-refractivity contribution in [2.75, 3.05) is 7.11 Å². The van der Waals surface area contributed by atoms with E-state index >= 15 is 0 Å². The largest absolute Gasteiger partial charge is 0.495 e. The van der Waals surface area contributed by atoms with Gasteiger partial charge in [-0.2, -0.15) is 10.4 Å². The van der Waals surface area contributed by atoms with Gasteiger partial charge in [0.15, 0.2) is 0 Å². The molecule has 3 aromatic heterocycles. The van der Waals surface area contributed by atoms with Gasteiger partial charge in [-0.3, -0.25) is 10.1 Å². The third kappa shape index (κ3) is 3.48. The average Bonchev–Trinajstić information content (AvgIpc) is 3.50. The number of rotatable bonds is 4.